The van der Waals surface area contributed by atoms with Crippen LogP contribution in [0, 0.1) is 0 Å². The number of esters is 1. The molecule has 0 saturated heterocycles. The van der Waals surface area contributed by atoms with Gasteiger partial charge in [-0.05, 0) is 35.9 Å². The topological polar surface area (TPSA) is 112 Å². The van der Waals surface area contributed by atoms with E-state index in [0.717, 1.165) is 11.3 Å². The van der Waals surface area contributed by atoms with Crippen LogP contribution in [0.3, 0.4) is 0 Å². The molecule has 2 N–H and O–H groups in total. The Balaban J connectivity index is 1.35. The summed E-state index contributed by atoms with van der Waals surface area (Å²) in [5.74, 6) is 0.103. The van der Waals surface area contributed by atoms with Crippen molar-refractivity contribution >= 4 is 17.8 Å². The van der Waals surface area contributed by atoms with Gasteiger partial charge in [-0.3, -0.25) is 14.4 Å². The van der Waals surface area contributed by atoms with Gasteiger partial charge in [0.15, 0.2) is 18.1 Å². The smallest absolute Gasteiger partial charge is 0.325 e. The van der Waals surface area contributed by atoms with Gasteiger partial charge in [-0.15, -0.1) is 0 Å². The molecule has 0 aliphatic carbocycles. The van der Waals surface area contributed by atoms with Crippen molar-refractivity contribution in [1.29, 1.82) is 0 Å². The molecule has 0 fully saturated rings. The van der Waals surface area contributed by atoms with Gasteiger partial charge in [0.1, 0.15) is 12.3 Å². The van der Waals surface area contributed by atoms with Crippen molar-refractivity contribution < 1.29 is 33.3 Å². The van der Waals surface area contributed by atoms with Crippen LogP contribution in [0.4, 0.5) is 0 Å². The summed E-state index contributed by atoms with van der Waals surface area (Å²) in [6.45, 7) is -0.400. The normalized spacial score (nSPS) is 11.5. The van der Waals surface area contributed by atoms with Crippen LogP contribution in [-0.2, 0) is 20.9 Å². The minimum absolute atomic E-state index is 0.104. The number of rotatable bonds is 8. The van der Waals surface area contributed by atoms with Crippen LogP contribution in [0.25, 0.3) is 0 Å². The third-order valence-corrected chi connectivity index (χ3v) is 4.04. The lowest BCUT2D eigenvalue weighted by molar-refractivity contribution is -0.147. The van der Waals surface area contributed by atoms with Gasteiger partial charge in [-0.1, -0.05) is 12.1 Å². The summed E-state index contributed by atoms with van der Waals surface area (Å²) < 4.78 is 20.3. The monoisotopic (exact) mass is 400 g/mol. The summed E-state index contributed by atoms with van der Waals surface area (Å²) in [4.78, 5) is 35.6. The summed E-state index contributed by atoms with van der Waals surface area (Å²) in [6.07, 6.45) is 0. The highest BCUT2D eigenvalue weighted by atomic mass is 16.7. The molecule has 0 radical (unpaired) electrons. The van der Waals surface area contributed by atoms with Gasteiger partial charge in [0.2, 0.25) is 6.79 Å². The first kappa shape index (κ1) is 20.0. The molecule has 152 valence electrons. The van der Waals surface area contributed by atoms with E-state index in [1.54, 1.807) is 31.4 Å². The van der Waals surface area contributed by atoms with Gasteiger partial charge in [0.25, 0.3) is 11.8 Å². The number of nitrogens with one attached hydrogen (secondary N) is 2. The first-order valence-electron chi connectivity index (χ1n) is 8.78. The lowest BCUT2D eigenvalue weighted by atomic mass is 10.2. The Bertz CT molecular complexity index is 896. The van der Waals surface area contributed by atoms with Gasteiger partial charge in [-0.2, -0.15) is 0 Å². The highest BCUT2D eigenvalue weighted by Gasteiger charge is 2.17. The molecule has 0 atom stereocenters. The van der Waals surface area contributed by atoms with E-state index < -0.39 is 24.4 Å². The zero-order chi connectivity index (χ0) is 20.6. The SMILES string of the molecule is COc1ccc(CNC(=O)COC(=O)CNC(=O)c2ccc3c(c2)OCO3)cc1. The maximum atomic E-state index is 12.1. The summed E-state index contributed by atoms with van der Waals surface area (Å²) in [5.41, 5.74) is 1.20. The average Bonchev–Trinajstić information content (AvgIpc) is 3.22. The average molecular weight is 400 g/mol. The van der Waals surface area contributed by atoms with Crippen molar-refractivity contribution in [1.82, 2.24) is 10.6 Å². The number of ether oxygens (including phenoxy) is 4. The Morgan fingerprint density at radius 3 is 2.52 bits per heavy atom. The number of benzene rings is 2. The maximum Gasteiger partial charge on any atom is 0.325 e. The molecule has 2 aromatic carbocycles. The Kier molecular flexibility index (Phi) is 6.51. The lowest BCUT2D eigenvalue weighted by Gasteiger charge is -2.08. The molecule has 2 aromatic rings. The minimum Gasteiger partial charge on any atom is -0.497 e. The molecule has 29 heavy (non-hydrogen) atoms. The predicted octanol–water partition coefficient (Wildman–Crippen LogP) is 1.01. The fourth-order valence-electron chi connectivity index (χ4n) is 2.48. The second kappa shape index (κ2) is 9.45. The van der Waals surface area contributed by atoms with Crippen molar-refractivity contribution in [2.75, 3.05) is 27.1 Å². The quantitative estimate of drug-likeness (QED) is 0.636. The molecule has 0 bridgehead atoms. The highest BCUT2D eigenvalue weighted by Crippen LogP contribution is 2.32. The third-order valence-electron chi connectivity index (χ3n) is 4.04. The van der Waals surface area contributed by atoms with Crippen LogP contribution in [-0.4, -0.2) is 44.8 Å². The van der Waals surface area contributed by atoms with Crippen molar-refractivity contribution in [2.45, 2.75) is 6.54 Å². The first-order valence-corrected chi connectivity index (χ1v) is 8.78. The number of fused-ring (bicyclic) bond motifs is 1. The van der Waals surface area contributed by atoms with E-state index in [1.165, 1.54) is 6.07 Å². The summed E-state index contributed by atoms with van der Waals surface area (Å²) in [6, 6.07) is 11.9. The Labute approximate surface area is 166 Å². The molecule has 1 aliphatic rings. The molecule has 1 aliphatic heterocycles. The summed E-state index contributed by atoms with van der Waals surface area (Å²) in [5, 5.41) is 5.07. The van der Waals surface area contributed by atoms with E-state index in [4.69, 9.17) is 18.9 Å². The van der Waals surface area contributed by atoms with Crippen LogP contribution in [0.15, 0.2) is 42.5 Å². The molecule has 9 nitrogen and oxygen atoms in total. The summed E-state index contributed by atoms with van der Waals surface area (Å²) >= 11 is 0. The van der Waals surface area contributed by atoms with E-state index in [0.29, 0.717) is 23.6 Å². The predicted molar refractivity (Wildman–Crippen MR) is 101 cm³/mol. The standard InChI is InChI=1S/C20H20N2O7/c1-26-15-5-2-13(3-6-15)9-21-18(23)11-27-19(24)10-22-20(25)14-4-7-16-17(8-14)29-12-28-16/h2-8H,9-12H2,1H3,(H,21,23)(H,22,25). The molecule has 0 saturated carbocycles. The Morgan fingerprint density at radius 1 is 1.00 bits per heavy atom. The minimum atomic E-state index is -0.723. The fraction of sp³-hybridized carbons (Fsp3) is 0.250. The largest absolute Gasteiger partial charge is 0.497 e. The third kappa shape index (κ3) is 5.61. The Hall–Kier alpha value is -3.75. The number of methoxy groups -OCH3 is 1. The van der Waals surface area contributed by atoms with Gasteiger partial charge in [0.05, 0.1) is 7.11 Å². The number of hydrogen-bond donors (Lipinski definition) is 2. The second-order valence-electron chi connectivity index (χ2n) is 6.04. The number of carbonyl (C=O) groups is 3. The van der Waals surface area contributed by atoms with Gasteiger partial charge >= 0.3 is 5.97 Å². The fourth-order valence-corrected chi connectivity index (χ4v) is 2.48. The van der Waals surface area contributed by atoms with Gasteiger partial charge in [-0.25, -0.2) is 0 Å². The molecular weight excluding hydrogens is 380 g/mol. The van der Waals surface area contributed by atoms with Gasteiger partial charge < -0.3 is 29.6 Å². The molecule has 2 amide bonds. The molecule has 3 rings (SSSR count). The molecule has 1 heterocycles. The lowest BCUT2D eigenvalue weighted by Crippen LogP contribution is -2.33. The Morgan fingerprint density at radius 2 is 1.76 bits per heavy atom. The number of carbonyl (C=O) groups excluding carboxylic acids is 3. The second-order valence-corrected chi connectivity index (χ2v) is 6.04. The van der Waals surface area contributed by atoms with Crippen LogP contribution in [0.1, 0.15) is 15.9 Å². The van der Waals surface area contributed by atoms with Crippen molar-refractivity contribution in [3.63, 3.8) is 0 Å². The van der Waals surface area contributed by atoms with Crippen LogP contribution in [0.2, 0.25) is 0 Å². The van der Waals surface area contributed by atoms with Gasteiger partial charge in [0, 0.05) is 12.1 Å². The number of amides is 2. The van der Waals surface area contributed by atoms with E-state index in [9.17, 15) is 14.4 Å². The van der Waals surface area contributed by atoms with Crippen molar-refractivity contribution in [3.05, 3.63) is 53.6 Å². The molecule has 9 heteroatoms. The van der Waals surface area contributed by atoms with E-state index in [2.05, 4.69) is 10.6 Å². The zero-order valence-electron chi connectivity index (χ0n) is 15.7. The van der Waals surface area contributed by atoms with Crippen LogP contribution >= 0.6 is 0 Å². The van der Waals surface area contributed by atoms with Crippen molar-refractivity contribution in [3.8, 4) is 17.2 Å². The van der Waals surface area contributed by atoms with E-state index in [-0.39, 0.29) is 13.3 Å². The zero-order valence-corrected chi connectivity index (χ0v) is 15.7. The van der Waals surface area contributed by atoms with E-state index in [1.807, 2.05) is 12.1 Å². The molecule has 0 aromatic heterocycles. The molecule has 0 unspecified atom stereocenters. The highest BCUT2D eigenvalue weighted by molar-refractivity contribution is 5.96. The van der Waals surface area contributed by atoms with Crippen LogP contribution in [0.5, 0.6) is 17.2 Å². The summed E-state index contributed by atoms with van der Waals surface area (Å²) in [7, 11) is 1.57. The van der Waals surface area contributed by atoms with Crippen LogP contribution < -0.4 is 24.8 Å². The maximum absolute atomic E-state index is 12.1. The first-order chi connectivity index (χ1) is 14.0. The molecular formula is C20H20N2O7. The van der Waals surface area contributed by atoms with E-state index >= 15 is 0 Å². The van der Waals surface area contributed by atoms with Crippen molar-refractivity contribution in [2.24, 2.45) is 0 Å². The number of hydrogen-bond acceptors (Lipinski definition) is 7. The molecule has 0 spiro atoms.